The molecule has 0 aliphatic rings. The van der Waals surface area contributed by atoms with Gasteiger partial charge in [0, 0.05) is 27.2 Å². The highest BCUT2D eigenvalue weighted by atomic mass is 15.3. The van der Waals surface area contributed by atoms with Crippen LogP contribution in [0.25, 0.3) is 0 Å². The Morgan fingerprint density at radius 2 is 2.13 bits per heavy atom. The standard InChI is InChI=1S/C12H25N3/c1-5-7-8-9-10-11-15(4)12(13-3)14-6-2/h5H,1,6-11H2,2-4H3,(H,13,14). The summed E-state index contributed by atoms with van der Waals surface area (Å²) < 4.78 is 0. The second kappa shape index (κ2) is 9.56. The molecule has 0 radical (unpaired) electrons. The number of unbranched alkanes of at least 4 members (excludes halogenated alkanes) is 3. The van der Waals surface area contributed by atoms with E-state index in [2.05, 4.69) is 35.8 Å². The molecule has 0 bridgehead atoms. The van der Waals surface area contributed by atoms with Crippen LogP contribution in [0.5, 0.6) is 0 Å². The SMILES string of the molecule is C=CCCCCCN(C)C(=NC)NCC. The molecule has 0 aromatic carbocycles. The Morgan fingerprint density at radius 3 is 2.67 bits per heavy atom. The minimum Gasteiger partial charge on any atom is -0.357 e. The molecule has 88 valence electrons. The Labute approximate surface area is 94.3 Å². The van der Waals surface area contributed by atoms with Gasteiger partial charge >= 0.3 is 0 Å². The lowest BCUT2D eigenvalue weighted by Crippen LogP contribution is -2.39. The molecule has 15 heavy (non-hydrogen) atoms. The highest BCUT2D eigenvalue weighted by Crippen LogP contribution is 2.01. The van der Waals surface area contributed by atoms with Crippen molar-refractivity contribution in [2.45, 2.75) is 32.6 Å². The van der Waals surface area contributed by atoms with Crippen LogP contribution in [0, 0.1) is 0 Å². The monoisotopic (exact) mass is 211 g/mol. The fourth-order valence-corrected chi connectivity index (χ4v) is 1.46. The fraction of sp³-hybridized carbons (Fsp3) is 0.750. The first-order valence-corrected chi connectivity index (χ1v) is 5.79. The molecule has 1 N–H and O–H groups in total. The van der Waals surface area contributed by atoms with E-state index >= 15 is 0 Å². The number of rotatable bonds is 7. The van der Waals surface area contributed by atoms with E-state index in [0.29, 0.717) is 0 Å². The molecule has 0 aromatic heterocycles. The lowest BCUT2D eigenvalue weighted by molar-refractivity contribution is 0.457. The molecule has 0 fully saturated rings. The van der Waals surface area contributed by atoms with Gasteiger partial charge in [0.1, 0.15) is 0 Å². The van der Waals surface area contributed by atoms with E-state index in [1.807, 2.05) is 13.1 Å². The van der Waals surface area contributed by atoms with Crippen LogP contribution in [0.4, 0.5) is 0 Å². The van der Waals surface area contributed by atoms with Crippen molar-refractivity contribution in [2.75, 3.05) is 27.2 Å². The molecule has 0 rings (SSSR count). The minimum atomic E-state index is 0.924. The van der Waals surface area contributed by atoms with Crippen molar-refractivity contribution in [3.05, 3.63) is 12.7 Å². The van der Waals surface area contributed by atoms with Gasteiger partial charge < -0.3 is 10.2 Å². The molecule has 3 nitrogen and oxygen atoms in total. The summed E-state index contributed by atoms with van der Waals surface area (Å²) in [6.07, 6.45) is 6.85. The van der Waals surface area contributed by atoms with Crippen LogP contribution in [0.3, 0.4) is 0 Å². The van der Waals surface area contributed by atoms with Crippen molar-refractivity contribution in [3.63, 3.8) is 0 Å². The Bertz CT molecular complexity index is 187. The second-order valence-corrected chi connectivity index (χ2v) is 3.64. The summed E-state index contributed by atoms with van der Waals surface area (Å²) in [6.45, 7) is 7.80. The van der Waals surface area contributed by atoms with Crippen molar-refractivity contribution in [1.82, 2.24) is 10.2 Å². The third kappa shape index (κ3) is 7.00. The smallest absolute Gasteiger partial charge is 0.193 e. The van der Waals surface area contributed by atoms with Gasteiger partial charge in [-0.2, -0.15) is 0 Å². The van der Waals surface area contributed by atoms with Gasteiger partial charge in [-0.25, -0.2) is 0 Å². The molecule has 3 heteroatoms. The average Bonchev–Trinajstić information content (AvgIpc) is 2.25. The number of hydrogen-bond acceptors (Lipinski definition) is 1. The first kappa shape index (κ1) is 14.0. The molecule has 0 atom stereocenters. The molecule has 0 heterocycles. The zero-order valence-corrected chi connectivity index (χ0v) is 10.4. The van der Waals surface area contributed by atoms with Crippen molar-refractivity contribution < 1.29 is 0 Å². The van der Waals surface area contributed by atoms with Crippen molar-refractivity contribution in [1.29, 1.82) is 0 Å². The third-order valence-electron chi connectivity index (χ3n) is 2.31. The zero-order chi connectivity index (χ0) is 11.5. The first-order chi connectivity index (χ1) is 7.26. The van der Waals surface area contributed by atoms with Gasteiger partial charge in [-0.1, -0.05) is 12.5 Å². The summed E-state index contributed by atoms with van der Waals surface area (Å²) in [6, 6.07) is 0. The molecule has 0 saturated heterocycles. The number of aliphatic imine (C=N–C) groups is 1. The average molecular weight is 211 g/mol. The van der Waals surface area contributed by atoms with E-state index < -0.39 is 0 Å². The highest BCUT2D eigenvalue weighted by molar-refractivity contribution is 5.79. The quantitative estimate of drug-likeness (QED) is 0.303. The lowest BCUT2D eigenvalue weighted by Gasteiger charge is -2.21. The molecule has 0 aliphatic carbocycles. The van der Waals surface area contributed by atoms with Crippen LogP contribution in [-0.4, -0.2) is 38.0 Å². The van der Waals surface area contributed by atoms with Crippen LogP contribution < -0.4 is 5.32 Å². The van der Waals surface area contributed by atoms with Gasteiger partial charge in [-0.15, -0.1) is 6.58 Å². The number of allylic oxidation sites excluding steroid dienone is 1. The predicted molar refractivity (Wildman–Crippen MR) is 68.3 cm³/mol. The molecular weight excluding hydrogens is 186 g/mol. The third-order valence-corrected chi connectivity index (χ3v) is 2.31. The molecule has 0 aromatic rings. The second-order valence-electron chi connectivity index (χ2n) is 3.64. The Morgan fingerprint density at radius 1 is 1.40 bits per heavy atom. The summed E-state index contributed by atoms with van der Waals surface area (Å²) in [4.78, 5) is 6.39. The molecule has 0 amide bonds. The Balaban J connectivity index is 3.62. The van der Waals surface area contributed by atoms with Crippen LogP contribution in [0.2, 0.25) is 0 Å². The van der Waals surface area contributed by atoms with E-state index in [-0.39, 0.29) is 0 Å². The minimum absolute atomic E-state index is 0.924. The van der Waals surface area contributed by atoms with E-state index in [9.17, 15) is 0 Å². The van der Waals surface area contributed by atoms with Gasteiger partial charge in [-0.05, 0) is 26.2 Å². The summed E-state index contributed by atoms with van der Waals surface area (Å²) in [5.41, 5.74) is 0. The van der Waals surface area contributed by atoms with Gasteiger partial charge in [0.25, 0.3) is 0 Å². The van der Waals surface area contributed by atoms with Gasteiger partial charge in [0.05, 0.1) is 0 Å². The van der Waals surface area contributed by atoms with E-state index in [4.69, 9.17) is 0 Å². The molecular formula is C12H25N3. The predicted octanol–water partition coefficient (Wildman–Crippen LogP) is 2.26. The van der Waals surface area contributed by atoms with Crippen LogP contribution in [-0.2, 0) is 0 Å². The number of hydrogen-bond donors (Lipinski definition) is 1. The topological polar surface area (TPSA) is 27.6 Å². The van der Waals surface area contributed by atoms with Gasteiger partial charge in [0.15, 0.2) is 5.96 Å². The molecule has 0 unspecified atom stereocenters. The largest absolute Gasteiger partial charge is 0.357 e. The van der Waals surface area contributed by atoms with Crippen LogP contribution >= 0.6 is 0 Å². The van der Waals surface area contributed by atoms with Gasteiger partial charge in [0.2, 0.25) is 0 Å². The highest BCUT2D eigenvalue weighted by Gasteiger charge is 2.02. The number of nitrogens with one attached hydrogen (secondary N) is 1. The maximum Gasteiger partial charge on any atom is 0.193 e. The molecule has 0 saturated carbocycles. The van der Waals surface area contributed by atoms with Crippen molar-refractivity contribution in [2.24, 2.45) is 4.99 Å². The van der Waals surface area contributed by atoms with Crippen molar-refractivity contribution in [3.8, 4) is 0 Å². The summed E-state index contributed by atoms with van der Waals surface area (Å²) >= 11 is 0. The summed E-state index contributed by atoms with van der Waals surface area (Å²) in [5, 5.41) is 3.24. The van der Waals surface area contributed by atoms with Crippen LogP contribution in [0.1, 0.15) is 32.6 Å². The lowest BCUT2D eigenvalue weighted by atomic mass is 10.2. The normalized spacial score (nSPS) is 11.3. The fourth-order valence-electron chi connectivity index (χ4n) is 1.46. The van der Waals surface area contributed by atoms with E-state index in [0.717, 1.165) is 25.5 Å². The molecule has 0 aliphatic heterocycles. The summed E-state index contributed by atoms with van der Waals surface area (Å²) in [5.74, 6) is 0.987. The number of nitrogens with zero attached hydrogens (tertiary/aromatic N) is 2. The summed E-state index contributed by atoms with van der Waals surface area (Å²) in [7, 11) is 3.91. The Kier molecular flexibility index (Phi) is 8.93. The Hall–Kier alpha value is -0.990. The maximum absolute atomic E-state index is 4.21. The van der Waals surface area contributed by atoms with Gasteiger partial charge in [-0.3, -0.25) is 4.99 Å². The van der Waals surface area contributed by atoms with Crippen molar-refractivity contribution >= 4 is 5.96 Å². The van der Waals surface area contributed by atoms with E-state index in [1.165, 1.54) is 19.3 Å². The molecule has 0 spiro atoms. The number of guanidine groups is 1. The maximum atomic E-state index is 4.21. The first-order valence-electron chi connectivity index (χ1n) is 5.79. The zero-order valence-electron chi connectivity index (χ0n) is 10.4. The van der Waals surface area contributed by atoms with Crippen LogP contribution in [0.15, 0.2) is 17.6 Å². The van der Waals surface area contributed by atoms with E-state index in [1.54, 1.807) is 0 Å².